The van der Waals surface area contributed by atoms with Crippen LogP contribution in [0.1, 0.15) is 24.3 Å². The number of carbonyl (C=O) groups is 3. The number of carbonyl (C=O) groups excluding carboxylic acids is 3. The van der Waals surface area contributed by atoms with E-state index >= 15 is 0 Å². The van der Waals surface area contributed by atoms with Gasteiger partial charge in [-0.3, -0.25) is 9.48 Å². The van der Waals surface area contributed by atoms with Gasteiger partial charge in [0.1, 0.15) is 5.69 Å². The van der Waals surface area contributed by atoms with Crippen LogP contribution >= 0.6 is 0 Å². The highest BCUT2D eigenvalue weighted by atomic mass is 16.6. The Kier molecular flexibility index (Phi) is 5.70. The van der Waals surface area contributed by atoms with Crippen molar-refractivity contribution in [3.8, 4) is 0 Å². The van der Waals surface area contributed by atoms with Crippen molar-refractivity contribution in [1.29, 1.82) is 0 Å². The molecule has 1 heterocycles. The molecule has 0 unspecified atom stereocenters. The maximum absolute atomic E-state index is 12.0. The monoisotopic (exact) mass is 283 g/mol. The minimum absolute atomic E-state index is 0.0936. The molecule has 1 aromatic rings. The molecule has 8 heteroatoms. The Balaban J connectivity index is 2.84. The maximum Gasteiger partial charge on any atom is 0.340 e. The van der Waals surface area contributed by atoms with Crippen LogP contribution in [0.3, 0.4) is 0 Å². The molecule has 1 N–H and O–H groups in total. The highest BCUT2D eigenvalue weighted by Gasteiger charge is 2.32. The lowest BCUT2D eigenvalue weighted by Gasteiger charge is -2.15. The van der Waals surface area contributed by atoms with Gasteiger partial charge in [-0.2, -0.15) is 5.10 Å². The van der Waals surface area contributed by atoms with Crippen LogP contribution in [0.5, 0.6) is 0 Å². The van der Waals surface area contributed by atoms with Crippen molar-refractivity contribution in [3.63, 3.8) is 0 Å². The average molecular weight is 283 g/mol. The van der Waals surface area contributed by atoms with Crippen LogP contribution in [0.4, 0.5) is 0 Å². The Morgan fingerprint density at radius 1 is 1.25 bits per heavy atom. The summed E-state index contributed by atoms with van der Waals surface area (Å²) in [5, 5.41) is 6.11. The molecule has 1 amide bonds. The van der Waals surface area contributed by atoms with E-state index in [9.17, 15) is 14.4 Å². The van der Waals surface area contributed by atoms with Gasteiger partial charge in [0, 0.05) is 13.2 Å². The Labute approximate surface area is 116 Å². The van der Waals surface area contributed by atoms with Crippen molar-refractivity contribution < 1.29 is 23.9 Å². The molecule has 0 aliphatic heterocycles. The van der Waals surface area contributed by atoms with Crippen LogP contribution in [0.2, 0.25) is 0 Å². The molecule has 0 fully saturated rings. The summed E-state index contributed by atoms with van der Waals surface area (Å²) in [5.74, 6) is -2.33. The van der Waals surface area contributed by atoms with Gasteiger partial charge in [-0.1, -0.05) is 0 Å². The number of rotatable bonds is 6. The van der Waals surface area contributed by atoms with Crippen LogP contribution in [-0.4, -0.2) is 46.9 Å². The second kappa shape index (κ2) is 7.27. The number of aromatic nitrogens is 2. The molecular weight excluding hydrogens is 266 g/mol. The first-order valence-corrected chi connectivity index (χ1v) is 6.13. The van der Waals surface area contributed by atoms with Crippen LogP contribution < -0.4 is 5.32 Å². The lowest BCUT2D eigenvalue weighted by molar-refractivity contribution is -0.157. The third-order valence-electron chi connectivity index (χ3n) is 2.37. The SMILES string of the molecule is CCOC(=O)C(NC(=O)c1ccnn1C)C(=O)OCC. The Hall–Kier alpha value is -2.38. The van der Waals surface area contributed by atoms with Crippen LogP contribution in [0, 0.1) is 0 Å². The molecule has 0 spiro atoms. The number of hydrogen-bond acceptors (Lipinski definition) is 6. The van der Waals surface area contributed by atoms with Gasteiger partial charge in [-0.15, -0.1) is 0 Å². The second-order valence-electron chi connectivity index (χ2n) is 3.75. The Bertz CT molecular complexity index is 479. The van der Waals surface area contributed by atoms with Gasteiger partial charge in [-0.05, 0) is 19.9 Å². The summed E-state index contributed by atoms with van der Waals surface area (Å²) >= 11 is 0. The molecule has 110 valence electrons. The van der Waals surface area contributed by atoms with Gasteiger partial charge in [0.2, 0.25) is 6.04 Å². The van der Waals surface area contributed by atoms with Gasteiger partial charge < -0.3 is 14.8 Å². The predicted molar refractivity (Wildman–Crippen MR) is 67.7 cm³/mol. The summed E-state index contributed by atoms with van der Waals surface area (Å²) in [5.41, 5.74) is 0.212. The summed E-state index contributed by atoms with van der Waals surface area (Å²) < 4.78 is 10.8. The number of aryl methyl sites for hydroxylation is 1. The molecule has 0 atom stereocenters. The highest BCUT2D eigenvalue weighted by Crippen LogP contribution is 2.00. The lowest BCUT2D eigenvalue weighted by atomic mass is 10.2. The minimum Gasteiger partial charge on any atom is -0.464 e. The van der Waals surface area contributed by atoms with Crippen molar-refractivity contribution in [1.82, 2.24) is 15.1 Å². The van der Waals surface area contributed by atoms with E-state index in [0.29, 0.717) is 0 Å². The standard InChI is InChI=1S/C12H17N3O5/c1-4-19-11(17)9(12(18)20-5-2)14-10(16)8-6-7-13-15(8)3/h6-7,9H,4-5H2,1-3H3,(H,14,16). The van der Waals surface area contributed by atoms with Crippen molar-refractivity contribution in [2.24, 2.45) is 7.05 Å². The number of nitrogens with zero attached hydrogens (tertiary/aromatic N) is 2. The van der Waals surface area contributed by atoms with Crippen molar-refractivity contribution in [2.75, 3.05) is 13.2 Å². The number of nitrogens with one attached hydrogen (secondary N) is 1. The zero-order valence-corrected chi connectivity index (χ0v) is 11.6. The molecule has 0 saturated heterocycles. The predicted octanol–water partition coefficient (Wildman–Crippen LogP) is -0.355. The van der Waals surface area contributed by atoms with Gasteiger partial charge in [0.15, 0.2) is 0 Å². The van der Waals surface area contributed by atoms with E-state index in [2.05, 4.69) is 10.4 Å². The fourth-order valence-corrected chi connectivity index (χ4v) is 1.47. The maximum atomic E-state index is 12.0. The molecule has 0 aromatic carbocycles. The first kappa shape index (κ1) is 15.7. The Morgan fingerprint density at radius 3 is 2.20 bits per heavy atom. The molecule has 8 nitrogen and oxygen atoms in total. The summed E-state index contributed by atoms with van der Waals surface area (Å²) in [6, 6.07) is -0.0276. The molecule has 0 aliphatic carbocycles. The molecule has 0 aliphatic rings. The lowest BCUT2D eigenvalue weighted by Crippen LogP contribution is -2.48. The van der Waals surface area contributed by atoms with Crippen LogP contribution in [-0.2, 0) is 26.1 Å². The molecule has 0 saturated carbocycles. The largest absolute Gasteiger partial charge is 0.464 e. The minimum atomic E-state index is -1.49. The van der Waals surface area contributed by atoms with Crippen molar-refractivity contribution >= 4 is 17.8 Å². The van der Waals surface area contributed by atoms with E-state index in [4.69, 9.17) is 9.47 Å². The number of ether oxygens (including phenoxy) is 2. The van der Waals surface area contributed by atoms with E-state index in [-0.39, 0.29) is 18.9 Å². The highest BCUT2D eigenvalue weighted by molar-refractivity contribution is 6.05. The zero-order chi connectivity index (χ0) is 15.1. The molecule has 1 aromatic heterocycles. The zero-order valence-electron chi connectivity index (χ0n) is 11.6. The normalized spacial score (nSPS) is 10.2. The Morgan fingerprint density at radius 2 is 1.80 bits per heavy atom. The van der Waals surface area contributed by atoms with E-state index < -0.39 is 23.9 Å². The van der Waals surface area contributed by atoms with Crippen molar-refractivity contribution in [3.05, 3.63) is 18.0 Å². The first-order valence-electron chi connectivity index (χ1n) is 6.13. The number of esters is 2. The van der Waals surface area contributed by atoms with Gasteiger partial charge in [0.25, 0.3) is 5.91 Å². The third kappa shape index (κ3) is 3.81. The number of amides is 1. The molecule has 1 rings (SSSR count). The average Bonchev–Trinajstić information content (AvgIpc) is 2.82. The summed E-state index contributed by atoms with van der Waals surface area (Å²) in [7, 11) is 1.57. The molecule has 20 heavy (non-hydrogen) atoms. The van der Waals surface area contributed by atoms with E-state index in [1.807, 2.05) is 0 Å². The first-order chi connectivity index (χ1) is 9.51. The topological polar surface area (TPSA) is 99.5 Å². The fraction of sp³-hybridized carbons (Fsp3) is 0.500. The van der Waals surface area contributed by atoms with Crippen LogP contribution in [0.25, 0.3) is 0 Å². The molecule has 0 bridgehead atoms. The molecular formula is C12H17N3O5. The molecule has 0 radical (unpaired) electrons. The second-order valence-corrected chi connectivity index (χ2v) is 3.75. The summed E-state index contributed by atoms with van der Waals surface area (Å²) in [6.45, 7) is 3.39. The van der Waals surface area contributed by atoms with E-state index in [1.165, 1.54) is 16.9 Å². The summed E-state index contributed by atoms with van der Waals surface area (Å²) in [6.07, 6.45) is 1.43. The van der Waals surface area contributed by atoms with E-state index in [1.54, 1.807) is 20.9 Å². The quantitative estimate of drug-likeness (QED) is 0.565. The van der Waals surface area contributed by atoms with Gasteiger partial charge >= 0.3 is 11.9 Å². The van der Waals surface area contributed by atoms with Crippen molar-refractivity contribution in [2.45, 2.75) is 19.9 Å². The fourth-order valence-electron chi connectivity index (χ4n) is 1.47. The smallest absolute Gasteiger partial charge is 0.340 e. The third-order valence-corrected chi connectivity index (χ3v) is 2.37. The van der Waals surface area contributed by atoms with Gasteiger partial charge in [0.05, 0.1) is 13.2 Å². The van der Waals surface area contributed by atoms with Gasteiger partial charge in [-0.25, -0.2) is 9.59 Å². The number of hydrogen-bond donors (Lipinski definition) is 1. The summed E-state index contributed by atoms with van der Waals surface area (Å²) in [4.78, 5) is 35.3. The van der Waals surface area contributed by atoms with Crippen LogP contribution in [0.15, 0.2) is 12.3 Å². The van der Waals surface area contributed by atoms with E-state index in [0.717, 1.165) is 0 Å².